The second kappa shape index (κ2) is 4.21. The number of rotatable bonds is 1. The Hall–Kier alpha value is -2.06. The first-order valence-corrected chi connectivity index (χ1v) is 4.86. The minimum atomic E-state index is -0.416. The van der Waals surface area contributed by atoms with Crippen LogP contribution in [0.3, 0.4) is 0 Å². The van der Waals surface area contributed by atoms with E-state index >= 15 is 0 Å². The molecule has 0 amide bonds. The predicted molar refractivity (Wildman–Crippen MR) is 59.5 cm³/mol. The van der Waals surface area contributed by atoms with Crippen molar-refractivity contribution in [1.29, 1.82) is 5.26 Å². The van der Waals surface area contributed by atoms with Gasteiger partial charge in [-0.2, -0.15) is 5.26 Å². The Morgan fingerprint density at radius 1 is 1.38 bits per heavy atom. The lowest BCUT2D eigenvalue weighted by Gasteiger charge is -2.01. The molecule has 0 unspecified atom stereocenters. The minimum Gasteiger partial charge on any atom is -0.345 e. The molecule has 78 valence electrons. The zero-order valence-corrected chi connectivity index (χ0v) is 8.88. The molecule has 0 bridgehead atoms. The van der Waals surface area contributed by atoms with Crippen molar-refractivity contribution in [2.75, 3.05) is 0 Å². The van der Waals surface area contributed by atoms with Crippen molar-refractivity contribution in [3.63, 3.8) is 0 Å². The molecular formula is C11H6FN3S. The van der Waals surface area contributed by atoms with Crippen LogP contribution in [-0.4, -0.2) is 9.97 Å². The average molecular weight is 231 g/mol. The van der Waals surface area contributed by atoms with Crippen molar-refractivity contribution in [3.05, 3.63) is 46.6 Å². The number of hydrogen-bond acceptors (Lipinski definition) is 3. The van der Waals surface area contributed by atoms with Gasteiger partial charge in [0, 0.05) is 17.5 Å². The van der Waals surface area contributed by atoms with Crippen LogP contribution in [0, 0.1) is 21.8 Å². The zero-order valence-electron chi connectivity index (χ0n) is 8.07. The Morgan fingerprint density at radius 3 is 2.81 bits per heavy atom. The van der Waals surface area contributed by atoms with Gasteiger partial charge in [0.1, 0.15) is 16.5 Å². The van der Waals surface area contributed by atoms with Crippen LogP contribution in [0.25, 0.3) is 11.3 Å². The Bertz CT molecular complexity index is 628. The molecule has 0 aromatic carbocycles. The summed E-state index contributed by atoms with van der Waals surface area (Å²) < 4.78 is 13.3. The third-order valence-electron chi connectivity index (χ3n) is 2.05. The number of H-pyrrole nitrogens is 1. The quantitative estimate of drug-likeness (QED) is 0.768. The van der Waals surface area contributed by atoms with Crippen LogP contribution in [0.15, 0.2) is 30.6 Å². The normalized spacial score (nSPS) is 9.75. The highest BCUT2D eigenvalue weighted by Crippen LogP contribution is 2.17. The van der Waals surface area contributed by atoms with Gasteiger partial charge in [-0.3, -0.25) is 4.98 Å². The van der Waals surface area contributed by atoms with Gasteiger partial charge >= 0.3 is 0 Å². The van der Waals surface area contributed by atoms with Gasteiger partial charge in [0.25, 0.3) is 0 Å². The molecule has 0 fully saturated rings. The smallest absolute Gasteiger partial charge is 0.142 e. The molecule has 0 aliphatic rings. The summed E-state index contributed by atoms with van der Waals surface area (Å²) in [5.41, 5.74) is 1.62. The van der Waals surface area contributed by atoms with E-state index in [0.29, 0.717) is 21.5 Å². The lowest BCUT2D eigenvalue weighted by atomic mass is 10.1. The standard InChI is InChI=1S/C11H6FN3S/c12-9-3-8(5-14-6-9)10-2-1-7(4-13)11(16)15-10/h1-3,5-6H,(H,15,16). The van der Waals surface area contributed by atoms with Crippen LogP contribution < -0.4 is 0 Å². The summed E-state index contributed by atoms with van der Waals surface area (Å²) in [5, 5.41) is 8.71. The van der Waals surface area contributed by atoms with Gasteiger partial charge in [-0.05, 0) is 18.2 Å². The Morgan fingerprint density at radius 2 is 2.19 bits per heavy atom. The number of nitriles is 1. The fourth-order valence-electron chi connectivity index (χ4n) is 1.29. The third-order valence-corrected chi connectivity index (χ3v) is 2.37. The van der Waals surface area contributed by atoms with Gasteiger partial charge in [0.05, 0.1) is 11.8 Å². The topological polar surface area (TPSA) is 52.5 Å². The van der Waals surface area contributed by atoms with Crippen LogP contribution in [0.1, 0.15) is 5.56 Å². The Balaban J connectivity index is 2.55. The Labute approximate surface area is 96.2 Å². The lowest BCUT2D eigenvalue weighted by molar-refractivity contribution is 0.622. The van der Waals surface area contributed by atoms with Crippen LogP contribution in [0.2, 0.25) is 0 Å². The Kier molecular flexibility index (Phi) is 2.75. The number of nitrogens with zero attached hydrogens (tertiary/aromatic N) is 2. The van der Waals surface area contributed by atoms with E-state index in [4.69, 9.17) is 17.5 Å². The van der Waals surface area contributed by atoms with Crippen LogP contribution >= 0.6 is 12.2 Å². The van der Waals surface area contributed by atoms with Crippen molar-refractivity contribution in [1.82, 2.24) is 9.97 Å². The first-order chi connectivity index (χ1) is 7.70. The predicted octanol–water partition coefficient (Wildman–Crippen LogP) is 2.82. The molecule has 1 N–H and O–H groups in total. The molecule has 3 nitrogen and oxygen atoms in total. The van der Waals surface area contributed by atoms with E-state index in [1.54, 1.807) is 12.1 Å². The van der Waals surface area contributed by atoms with E-state index in [-0.39, 0.29) is 0 Å². The molecule has 2 aromatic heterocycles. The van der Waals surface area contributed by atoms with Crippen LogP contribution in [-0.2, 0) is 0 Å². The maximum absolute atomic E-state index is 12.9. The molecule has 0 spiro atoms. The summed E-state index contributed by atoms with van der Waals surface area (Å²) in [6.45, 7) is 0. The van der Waals surface area contributed by atoms with Gasteiger partial charge in [-0.1, -0.05) is 12.2 Å². The average Bonchev–Trinajstić information content (AvgIpc) is 2.29. The third kappa shape index (κ3) is 1.97. The number of hydrogen-bond donors (Lipinski definition) is 1. The highest BCUT2D eigenvalue weighted by molar-refractivity contribution is 7.71. The molecule has 0 radical (unpaired) electrons. The van der Waals surface area contributed by atoms with Gasteiger partial charge in [-0.15, -0.1) is 0 Å². The zero-order chi connectivity index (χ0) is 11.5. The van der Waals surface area contributed by atoms with E-state index < -0.39 is 5.82 Å². The molecule has 0 aliphatic carbocycles. The van der Waals surface area contributed by atoms with Crippen molar-refractivity contribution in [3.8, 4) is 17.3 Å². The fraction of sp³-hybridized carbons (Fsp3) is 0. The second-order valence-corrected chi connectivity index (χ2v) is 3.53. The minimum absolute atomic E-state index is 0.337. The molecule has 0 saturated carbocycles. The molecule has 0 aliphatic heterocycles. The molecule has 0 saturated heterocycles. The summed E-state index contributed by atoms with van der Waals surface area (Å²) in [7, 11) is 0. The molecule has 2 heterocycles. The van der Waals surface area contributed by atoms with Crippen LogP contribution in [0.4, 0.5) is 4.39 Å². The van der Waals surface area contributed by atoms with Crippen molar-refractivity contribution in [2.45, 2.75) is 0 Å². The second-order valence-electron chi connectivity index (χ2n) is 3.12. The van der Waals surface area contributed by atoms with Crippen molar-refractivity contribution in [2.24, 2.45) is 0 Å². The fourth-order valence-corrected chi connectivity index (χ4v) is 1.51. The summed E-state index contributed by atoms with van der Waals surface area (Å²) in [6.07, 6.45) is 2.65. The van der Waals surface area contributed by atoms with Crippen molar-refractivity contribution < 1.29 is 4.39 Å². The van der Waals surface area contributed by atoms with E-state index in [1.165, 1.54) is 12.3 Å². The lowest BCUT2D eigenvalue weighted by Crippen LogP contribution is -1.89. The van der Waals surface area contributed by atoms with Crippen molar-refractivity contribution >= 4 is 12.2 Å². The highest BCUT2D eigenvalue weighted by atomic mass is 32.1. The van der Waals surface area contributed by atoms with E-state index in [9.17, 15) is 4.39 Å². The van der Waals surface area contributed by atoms with E-state index in [1.807, 2.05) is 6.07 Å². The summed E-state index contributed by atoms with van der Waals surface area (Å²) >= 11 is 4.98. The molecule has 0 atom stereocenters. The van der Waals surface area contributed by atoms with Gasteiger partial charge in [0.15, 0.2) is 0 Å². The maximum atomic E-state index is 12.9. The summed E-state index contributed by atoms with van der Waals surface area (Å²) in [6, 6.07) is 6.57. The summed E-state index contributed by atoms with van der Waals surface area (Å²) in [4.78, 5) is 6.59. The highest BCUT2D eigenvalue weighted by Gasteiger charge is 2.02. The van der Waals surface area contributed by atoms with Gasteiger partial charge < -0.3 is 4.98 Å². The number of aromatic nitrogens is 2. The maximum Gasteiger partial charge on any atom is 0.142 e. The number of pyridine rings is 2. The van der Waals surface area contributed by atoms with E-state index in [2.05, 4.69) is 9.97 Å². The first kappa shape index (κ1) is 10.5. The molecule has 5 heteroatoms. The molecule has 2 rings (SSSR count). The number of aromatic amines is 1. The first-order valence-electron chi connectivity index (χ1n) is 4.45. The number of halogens is 1. The van der Waals surface area contributed by atoms with Gasteiger partial charge in [-0.25, -0.2) is 4.39 Å². The van der Waals surface area contributed by atoms with Crippen LogP contribution in [0.5, 0.6) is 0 Å². The largest absolute Gasteiger partial charge is 0.345 e. The van der Waals surface area contributed by atoms with Gasteiger partial charge in [0.2, 0.25) is 0 Å². The molecule has 16 heavy (non-hydrogen) atoms. The van der Waals surface area contributed by atoms with E-state index in [0.717, 1.165) is 6.20 Å². The molecular weight excluding hydrogens is 225 g/mol. The monoisotopic (exact) mass is 231 g/mol. The number of nitrogens with one attached hydrogen (secondary N) is 1. The SMILES string of the molecule is N#Cc1ccc(-c2cncc(F)c2)[nH]c1=S. The molecule has 2 aromatic rings. The summed E-state index contributed by atoms with van der Waals surface area (Å²) in [5.74, 6) is -0.416.